The monoisotopic (exact) mass is 524 g/mol. The molecule has 37 heavy (non-hydrogen) atoms. The van der Waals surface area contributed by atoms with Gasteiger partial charge in [0.2, 0.25) is 0 Å². The van der Waals surface area contributed by atoms with Crippen LogP contribution in [0, 0.1) is 5.92 Å². The van der Waals surface area contributed by atoms with Crippen LogP contribution < -0.4 is 0 Å². The zero-order chi connectivity index (χ0) is 27.2. The zero-order valence-electron chi connectivity index (χ0n) is 25.3. The third kappa shape index (κ3) is 25.0. The molecule has 0 aromatic rings. The van der Waals surface area contributed by atoms with Gasteiger partial charge in [-0.15, -0.1) is 0 Å². The van der Waals surface area contributed by atoms with Gasteiger partial charge >= 0.3 is 11.9 Å². The van der Waals surface area contributed by atoms with E-state index in [2.05, 4.69) is 20.8 Å². The fourth-order valence-corrected chi connectivity index (χ4v) is 4.83. The Balaban J connectivity index is 4.19. The van der Waals surface area contributed by atoms with Crippen LogP contribution in [0.2, 0.25) is 0 Å². The maximum absolute atomic E-state index is 12.7. The number of carbonyl (C=O) groups is 2. The molecule has 0 aromatic carbocycles. The molecule has 0 amide bonds. The molecule has 4 heteroatoms. The van der Waals surface area contributed by atoms with Gasteiger partial charge < -0.3 is 9.47 Å². The number of hydrogen-bond donors (Lipinski definition) is 0. The first-order valence-electron chi connectivity index (χ1n) is 16.5. The molecule has 0 fully saturated rings. The van der Waals surface area contributed by atoms with E-state index in [0.29, 0.717) is 19.6 Å². The highest BCUT2D eigenvalue weighted by molar-refractivity contribution is 5.94. The maximum Gasteiger partial charge on any atom is 0.320 e. The lowest BCUT2D eigenvalue weighted by molar-refractivity contribution is -0.162. The van der Waals surface area contributed by atoms with Crippen molar-refractivity contribution in [2.45, 2.75) is 181 Å². The van der Waals surface area contributed by atoms with Crippen molar-refractivity contribution in [1.82, 2.24) is 0 Å². The second-order valence-electron chi connectivity index (χ2n) is 11.1. The number of unbranched alkanes of at least 4 members (excludes halogenated alkanes) is 21. The minimum absolute atomic E-state index is 0.371. The Morgan fingerprint density at radius 2 is 0.676 bits per heavy atom. The minimum Gasteiger partial charge on any atom is -0.465 e. The molecule has 0 aliphatic carbocycles. The number of carbonyl (C=O) groups excluding carboxylic acids is 2. The van der Waals surface area contributed by atoms with Crippen LogP contribution in [-0.2, 0) is 19.1 Å². The second kappa shape index (κ2) is 29.5. The molecular weight excluding hydrogens is 460 g/mol. The summed E-state index contributed by atoms with van der Waals surface area (Å²) in [6, 6.07) is 0. The Labute approximate surface area is 231 Å². The summed E-state index contributed by atoms with van der Waals surface area (Å²) in [6.07, 6.45) is 29.6. The number of hydrogen-bond acceptors (Lipinski definition) is 4. The normalized spacial score (nSPS) is 11.2. The van der Waals surface area contributed by atoms with E-state index in [1.807, 2.05) is 0 Å². The van der Waals surface area contributed by atoms with Crippen LogP contribution >= 0.6 is 0 Å². The minimum atomic E-state index is -0.747. The summed E-state index contributed by atoms with van der Waals surface area (Å²) < 4.78 is 11.0. The predicted octanol–water partition coefficient (Wildman–Crippen LogP) is 10.5. The van der Waals surface area contributed by atoms with Gasteiger partial charge in [-0.05, 0) is 19.3 Å². The Bertz CT molecular complexity index is 461. The molecule has 0 bridgehead atoms. The molecule has 0 N–H and O–H groups in total. The average Bonchev–Trinajstić information content (AvgIpc) is 2.90. The van der Waals surface area contributed by atoms with Gasteiger partial charge in [0.05, 0.1) is 13.2 Å². The molecule has 0 rings (SSSR count). The van der Waals surface area contributed by atoms with Crippen LogP contribution in [0.4, 0.5) is 0 Å². The lowest BCUT2D eigenvalue weighted by Gasteiger charge is -2.15. The van der Waals surface area contributed by atoms with Gasteiger partial charge in [-0.2, -0.15) is 0 Å². The van der Waals surface area contributed by atoms with Crippen molar-refractivity contribution in [3.05, 3.63) is 0 Å². The van der Waals surface area contributed by atoms with E-state index in [4.69, 9.17) is 9.47 Å². The third-order valence-electron chi connectivity index (χ3n) is 7.40. The van der Waals surface area contributed by atoms with Gasteiger partial charge in [0, 0.05) is 0 Å². The fourth-order valence-electron chi connectivity index (χ4n) is 4.83. The van der Waals surface area contributed by atoms with Gasteiger partial charge in [-0.1, -0.05) is 162 Å². The summed E-state index contributed by atoms with van der Waals surface area (Å²) in [7, 11) is 0. The van der Waals surface area contributed by atoms with Crippen molar-refractivity contribution in [1.29, 1.82) is 0 Å². The van der Waals surface area contributed by atoms with E-state index in [1.54, 1.807) is 0 Å². The Morgan fingerprint density at radius 3 is 1.00 bits per heavy atom. The lowest BCUT2D eigenvalue weighted by atomic mass is 9.99. The molecule has 0 saturated heterocycles. The molecule has 0 unspecified atom stereocenters. The van der Waals surface area contributed by atoms with E-state index in [1.165, 1.54) is 116 Å². The first kappa shape index (κ1) is 35.9. The molecule has 0 radical (unpaired) electrons. The number of ether oxygens (including phenoxy) is 2. The van der Waals surface area contributed by atoms with Crippen LogP contribution in [0.5, 0.6) is 0 Å². The lowest BCUT2D eigenvalue weighted by Crippen LogP contribution is -2.28. The SMILES string of the molecule is CCCCCCCCCCCCCCC(C(=O)OCCCCCCCC)C(=O)OCCCCCCCC. The van der Waals surface area contributed by atoms with Crippen molar-refractivity contribution >= 4 is 11.9 Å². The third-order valence-corrected chi connectivity index (χ3v) is 7.40. The highest BCUT2D eigenvalue weighted by atomic mass is 16.6. The molecule has 220 valence electrons. The van der Waals surface area contributed by atoms with E-state index in [0.717, 1.165) is 38.5 Å². The van der Waals surface area contributed by atoms with E-state index in [-0.39, 0.29) is 11.9 Å². The van der Waals surface area contributed by atoms with Gasteiger partial charge in [0.25, 0.3) is 0 Å². The Morgan fingerprint density at radius 1 is 0.405 bits per heavy atom. The van der Waals surface area contributed by atoms with Gasteiger partial charge in [-0.25, -0.2) is 0 Å². The summed E-state index contributed by atoms with van der Waals surface area (Å²) in [5.41, 5.74) is 0. The van der Waals surface area contributed by atoms with Gasteiger partial charge in [0.1, 0.15) is 0 Å². The highest BCUT2D eigenvalue weighted by Gasteiger charge is 2.29. The molecular formula is C33H64O4. The maximum atomic E-state index is 12.7. The molecule has 0 aliphatic rings. The van der Waals surface area contributed by atoms with Crippen LogP contribution in [0.15, 0.2) is 0 Å². The molecule has 0 aromatic heterocycles. The van der Waals surface area contributed by atoms with E-state index >= 15 is 0 Å². The summed E-state index contributed by atoms with van der Waals surface area (Å²) in [5.74, 6) is -1.49. The largest absolute Gasteiger partial charge is 0.465 e. The van der Waals surface area contributed by atoms with Crippen molar-refractivity contribution < 1.29 is 19.1 Å². The first-order valence-corrected chi connectivity index (χ1v) is 16.5. The van der Waals surface area contributed by atoms with Crippen LogP contribution in [-0.4, -0.2) is 25.2 Å². The van der Waals surface area contributed by atoms with Gasteiger partial charge in [0.15, 0.2) is 5.92 Å². The first-order chi connectivity index (χ1) is 18.2. The number of esters is 2. The summed E-state index contributed by atoms with van der Waals surface area (Å²) >= 11 is 0. The highest BCUT2D eigenvalue weighted by Crippen LogP contribution is 2.18. The second-order valence-corrected chi connectivity index (χ2v) is 11.1. The molecule has 0 aliphatic heterocycles. The van der Waals surface area contributed by atoms with Crippen LogP contribution in [0.1, 0.15) is 181 Å². The number of rotatable bonds is 29. The zero-order valence-corrected chi connectivity index (χ0v) is 25.3. The molecule has 0 saturated carbocycles. The fraction of sp³-hybridized carbons (Fsp3) is 0.939. The van der Waals surface area contributed by atoms with Crippen molar-refractivity contribution in [3.63, 3.8) is 0 Å². The molecule has 0 heterocycles. The van der Waals surface area contributed by atoms with E-state index in [9.17, 15) is 9.59 Å². The Hall–Kier alpha value is -1.06. The Kier molecular flexibility index (Phi) is 28.7. The van der Waals surface area contributed by atoms with Crippen molar-refractivity contribution in [3.8, 4) is 0 Å². The summed E-state index contributed by atoms with van der Waals surface area (Å²) in [5, 5.41) is 0. The van der Waals surface area contributed by atoms with E-state index < -0.39 is 5.92 Å². The summed E-state index contributed by atoms with van der Waals surface area (Å²) in [4.78, 5) is 25.5. The molecule has 0 atom stereocenters. The van der Waals surface area contributed by atoms with Crippen molar-refractivity contribution in [2.75, 3.05) is 13.2 Å². The van der Waals surface area contributed by atoms with Crippen LogP contribution in [0.25, 0.3) is 0 Å². The average molecular weight is 525 g/mol. The standard InChI is InChI=1S/C33H64O4/c1-4-7-10-13-16-17-18-19-20-21-22-25-28-31(32(34)36-29-26-23-14-11-8-5-2)33(35)37-30-27-24-15-12-9-6-3/h31H,4-30H2,1-3H3. The van der Waals surface area contributed by atoms with Crippen LogP contribution in [0.3, 0.4) is 0 Å². The predicted molar refractivity (Wildman–Crippen MR) is 158 cm³/mol. The van der Waals surface area contributed by atoms with Gasteiger partial charge in [-0.3, -0.25) is 9.59 Å². The summed E-state index contributed by atoms with van der Waals surface area (Å²) in [6.45, 7) is 7.53. The smallest absolute Gasteiger partial charge is 0.320 e. The quantitative estimate of drug-likeness (QED) is 0.0554. The topological polar surface area (TPSA) is 52.6 Å². The molecule has 0 spiro atoms. The van der Waals surface area contributed by atoms with Crippen molar-refractivity contribution in [2.24, 2.45) is 5.92 Å². The molecule has 4 nitrogen and oxygen atoms in total.